The van der Waals surface area contributed by atoms with Gasteiger partial charge in [-0.05, 0) is 25.7 Å². The number of guanidine groups is 1. The summed E-state index contributed by atoms with van der Waals surface area (Å²) in [6.45, 7) is 5.31. The number of hydrogen-bond acceptors (Lipinski definition) is 3. The van der Waals surface area contributed by atoms with Gasteiger partial charge in [0.05, 0.1) is 6.61 Å². The van der Waals surface area contributed by atoms with Crippen molar-refractivity contribution in [1.29, 1.82) is 0 Å². The monoisotopic (exact) mass is 412 g/mol. The molecule has 0 aromatic carbocycles. The molecule has 124 valence electrons. The van der Waals surface area contributed by atoms with Gasteiger partial charge in [-0.1, -0.05) is 0 Å². The van der Waals surface area contributed by atoms with Gasteiger partial charge in [0, 0.05) is 40.8 Å². The molecule has 21 heavy (non-hydrogen) atoms. The number of hydrogen-bond donors (Lipinski definition) is 1. The van der Waals surface area contributed by atoms with Crippen LogP contribution in [0.3, 0.4) is 0 Å². The van der Waals surface area contributed by atoms with Crippen LogP contribution in [0.2, 0.25) is 0 Å². The maximum atomic E-state index is 11.6. The van der Waals surface area contributed by atoms with E-state index >= 15 is 0 Å². The molecule has 1 fully saturated rings. The smallest absolute Gasteiger partial charge is 0.243 e. The number of carbonyl (C=O) groups is 1. The fourth-order valence-electron chi connectivity index (χ4n) is 1.60. The first kappa shape index (κ1) is 20.4. The van der Waals surface area contributed by atoms with E-state index in [2.05, 4.69) is 10.3 Å². The second-order valence-electron chi connectivity index (χ2n) is 5.40. The van der Waals surface area contributed by atoms with E-state index < -0.39 is 0 Å². The van der Waals surface area contributed by atoms with Gasteiger partial charge in [0.25, 0.3) is 0 Å². The van der Waals surface area contributed by atoms with Crippen molar-refractivity contribution in [2.24, 2.45) is 10.9 Å². The fraction of sp³-hybridized carbons (Fsp3) is 0.857. The van der Waals surface area contributed by atoms with E-state index in [0.717, 1.165) is 31.6 Å². The van der Waals surface area contributed by atoms with E-state index in [1.165, 1.54) is 12.8 Å². The minimum atomic E-state index is -0.00112. The number of halogens is 1. The molecule has 0 atom stereocenters. The molecule has 0 radical (unpaired) electrons. The number of likely N-dealkylation sites (N-methyl/N-ethyl adjacent to an activating group) is 2. The molecule has 0 spiro atoms. The molecule has 0 bridgehead atoms. The highest BCUT2D eigenvalue weighted by atomic mass is 127. The Morgan fingerprint density at radius 3 is 2.52 bits per heavy atom. The highest BCUT2D eigenvalue weighted by Gasteiger charge is 2.21. The quantitative estimate of drug-likeness (QED) is 0.280. The number of carbonyl (C=O) groups excluding carboxylic acids is 1. The summed E-state index contributed by atoms with van der Waals surface area (Å²) < 4.78 is 5.62. The van der Waals surface area contributed by atoms with Crippen molar-refractivity contribution in [1.82, 2.24) is 15.1 Å². The maximum absolute atomic E-state index is 11.6. The first-order valence-electron chi connectivity index (χ1n) is 7.32. The molecule has 0 aromatic rings. The Hall–Kier alpha value is -0.570. The molecule has 0 aromatic heterocycles. The van der Waals surface area contributed by atoms with E-state index in [9.17, 15) is 4.79 Å². The average Bonchev–Trinajstić information content (AvgIpc) is 3.22. The van der Waals surface area contributed by atoms with Crippen molar-refractivity contribution in [3.05, 3.63) is 0 Å². The SMILES string of the molecule is CCNC(=NCC(=O)N(C)C)N(C)CCOCC1CC1.I. The molecular formula is C14H29IN4O2. The van der Waals surface area contributed by atoms with Gasteiger partial charge < -0.3 is 19.9 Å². The third-order valence-corrected chi connectivity index (χ3v) is 3.18. The van der Waals surface area contributed by atoms with Gasteiger partial charge in [0.15, 0.2) is 5.96 Å². The van der Waals surface area contributed by atoms with Gasteiger partial charge in [-0.2, -0.15) is 0 Å². The Morgan fingerprint density at radius 2 is 2.00 bits per heavy atom. The lowest BCUT2D eigenvalue weighted by Gasteiger charge is -2.22. The molecule has 0 aliphatic heterocycles. The third-order valence-electron chi connectivity index (χ3n) is 3.18. The fourth-order valence-corrected chi connectivity index (χ4v) is 1.60. The van der Waals surface area contributed by atoms with Crippen LogP contribution in [0.1, 0.15) is 19.8 Å². The summed E-state index contributed by atoms with van der Waals surface area (Å²) in [4.78, 5) is 19.5. The van der Waals surface area contributed by atoms with Crippen LogP contribution < -0.4 is 5.32 Å². The van der Waals surface area contributed by atoms with Crippen molar-refractivity contribution < 1.29 is 9.53 Å². The van der Waals surface area contributed by atoms with Gasteiger partial charge in [-0.3, -0.25) is 4.79 Å². The van der Waals surface area contributed by atoms with Gasteiger partial charge in [0.2, 0.25) is 5.91 Å². The second kappa shape index (κ2) is 11.1. The Kier molecular flexibility index (Phi) is 10.8. The van der Waals surface area contributed by atoms with Crippen molar-refractivity contribution in [2.45, 2.75) is 19.8 Å². The summed E-state index contributed by atoms with van der Waals surface area (Å²) in [5.41, 5.74) is 0. The van der Waals surface area contributed by atoms with Crippen molar-refractivity contribution in [3.8, 4) is 0 Å². The zero-order valence-corrected chi connectivity index (χ0v) is 15.9. The van der Waals surface area contributed by atoms with Crippen LogP contribution in [0.15, 0.2) is 4.99 Å². The molecule has 1 saturated carbocycles. The molecule has 0 heterocycles. The van der Waals surface area contributed by atoms with Crippen LogP contribution in [0.5, 0.6) is 0 Å². The zero-order chi connectivity index (χ0) is 15.0. The van der Waals surface area contributed by atoms with Gasteiger partial charge in [0.1, 0.15) is 6.54 Å². The molecule has 1 rings (SSSR count). The molecular weight excluding hydrogens is 383 g/mol. The second-order valence-corrected chi connectivity index (χ2v) is 5.40. The third kappa shape index (κ3) is 9.13. The number of ether oxygens (including phenoxy) is 1. The topological polar surface area (TPSA) is 57.2 Å². The highest BCUT2D eigenvalue weighted by molar-refractivity contribution is 14.0. The molecule has 1 aliphatic carbocycles. The van der Waals surface area contributed by atoms with Gasteiger partial charge in [-0.15, -0.1) is 24.0 Å². The Labute approximate surface area is 145 Å². The Bertz CT molecular complexity index is 333. The molecule has 1 amide bonds. The largest absolute Gasteiger partial charge is 0.379 e. The lowest BCUT2D eigenvalue weighted by molar-refractivity contribution is -0.127. The number of rotatable bonds is 8. The van der Waals surface area contributed by atoms with E-state index in [1.807, 2.05) is 18.9 Å². The Morgan fingerprint density at radius 1 is 1.33 bits per heavy atom. The minimum Gasteiger partial charge on any atom is -0.379 e. The van der Waals surface area contributed by atoms with E-state index in [1.54, 1.807) is 19.0 Å². The van der Waals surface area contributed by atoms with Crippen molar-refractivity contribution in [3.63, 3.8) is 0 Å². The predicted octanol–water partition coefficient (Wildman–Crippen LogP) is 1.02. The molecule has 1 aliphatic rings. The maximum Gasteiger partial charge on any atom is 0.243 e. The number of aliphatic imine (C=N–C) groups is 1. The van der Waals surface area contributed by atoms with Gasteiger partial charge in [-0.25, -0.2) is 4.99 Å². The standard InChI is InChI=1S/C14H28N4O2.HI/c1-5-15-14(16-10-13(19)17(2)3)18(4)8-9-20-11-12-6-7-12;/h12H,5-11H2,1-4H3,(H,15,16);1H. The lowest BCUT2D eigenvalue weighted by atomic mass is 10.5. The summed E-state index contributed by atoms with van der Waals surface area (Å²) in [6, 6.07) is 0. The van der Waals surface area contributed by atoms with Crippen LogP contribution in [-0.4, -0.2) is 75.7 Å². The Balaban J connectivity index is 0.00000400. The molecule has 6 nitrogen and oxygen atoms in total. The number of amides is 1. The predicted molar refractivity (Wildman–Crippen MR) is 96.3 cm³/mol. The minimum absolute atomic E-state index is 0. The molecule has 0 unspecified atom stereocenters. The highest BCUT2D eigenvalue weighted by Crippen LogP contribution is 2.28. The van der Waals surface area contributed by atoms with Crippen LogP contribution in [0.4, 0.5) is 0 Å². The van der Waals surface area contributed by atoms with Crippen LogP contribution >= 0.6 is 24.0 Å². The average molecular weight is 412 g/mol. The molecule has 7 heteroatoms. The van der Waals surface area contributed by atoms with Crippen molar-refractivity contribution in [2.75, 3.05) is 54.0 Å². The molecule has 1 N–H and O–H groups in total. The summed E-state index contributed by atoms with van der Waals surface area (Å²) in [5, 5.41) is 3.19. The lowest BCUT2D eigenvalue weighted by Crippen LogP contribution is -2.41. The first-order valence-corrected chi connectivity index (χ1v) is 7.32. The zero-order valence-electron chi connectivity index (χ0n) is 13.6. The number of nitrogens with one attached hydrogen (secondary N) is 1. The number of nitrogens with zero attached hydrogens (tertiary/aromatic N) is 3. The summed E-state index contributed by atoms with van der Waals surface area (Å²) >= 11 is 0. The van der Waals surface area contributed by atoms with E-state index in [0.29, 0.717) is 6.61 Å². The first-order chi connectivity index (χ1) is 9.54. The van der Waals surface area contributed by atoms with Crippen molar-refractivity contribution >= 4 is 35.8 Å². The summed E-state index contributed by atoms with van der Waals surface area (Å²) in [6.07, 6.45) is 2.62. The van der Waals surface area contributed by atoms with E-state index in [-0.39, 0.29) is 36.4 Å². The molecule has 0 saturated heterocycles. The summed E-state index contributed by atoms with van der Waals surface area (Å²) in [7, 11) is 5.43. The van der Waals surface area contributed by atoms with Crippen LogP contribution in [0.25, 0.3) is 0 Å². The summed E-state index contributed by atoms with van der Waals surface area (Å²) in [5.74, 6) is 1.54. The normalized spacial score (nSPS) is 14.4. The van der Waals surface area contributed by atoms with Crippen LogP contribution in [-0.2, 0) is 9.53 Å². The van der Waals surface area contributed by atoms with Gasteiger partial charge >= 0.3 is 0 Å². The van der Waals surface area contributed by atoms with E-state index in [4.69, 9.17) is 4.74 Å². The van der Waals surface area contributed by atoms with Crippen LogP contribution in [0, 0.1) is 5.92 Å².